The summed E-state index contributed by atoms with van der Waals surface area (Å²) < 4.78 is 6.59. The fraction of sp³-hybridized carbons (Fsp3) is 0.319. The Bertz CT molecular complexity index is 2210. The van der Waals surface area contributed by atoms with Crippen molar-refractivity contribution in [3.05, 3.63) is 125 Å². The van der Waals surface area contributed by atoms with Gasteiger partial charge < -0.3 is 9.52 Å². The van der Waals surface area contributed by atoms with Crippen LogP contribution in [0.15, 0.2) is 106 Å². The molecule has 1 heterocycles. The zero-order chi connectivity index (χ0) is 36.9. The molecular weight excluding hydrogens is 625 g/mol. The second-order valence-corrected chi connectivity index (χ2v) is 17.2. The van der Waals surface area contributed by atoms with E-state index in [1.54, 1.807) is 6.21 Å². The van der Waals surface area contributed by atoms with Crippen LogP contribution in [0.1, 0.15) is 110 Å². The van der Waals surface area contributed by atoms with E-state index in [1.807, 2.05) is 30.3 Å². The van der Waals surface area contributed by atoms with Crippen LogP contribution >= 0.6 is 0 Å². The molecule has 0 unspecified atom stereocenters. The Balaban J connectivity index is 1.43. The van der Waals surface area contributed by atoms with Crippen LogP contribution in [-0.4, -0.2) is 16.3 Å². The van der Waals surface area contributed by atoms with Gasteiger partial charge in [0.1, 0.15) is 11.3 Å². The highest BCUT2D eigenvalue weighted by molar-refractivity contribution is 5.94. The van der Waals surface area contributed by atoms with Gasteiger partial charge >= 0.3 is 0 Å². The number of benzene rings is 5. The van der Waals surface area contributed by atoms with Gasteiger partial charge in [-0.3, -0.25) is 4.99 Å². The third kappa shape index (κ3) is 7.56. The predicted molar refractivity (Wildman–Crippen MR) is 216 cm³/mol. The number of nitrogens with zero attached hydrogens (tertiary/aromatic N) is 2. The van der Waals surface area contributed by atoms with Gasteiger partial charge in [0, 0.05) is 22.9 Å². The van der Waals surface area contributed by atoms with E-state index in [1.165, 1.54) is 22.3 Å². The monoisotopic (exact) mass is 676 g/mol. The molecular formula is C47H52N2O2. The third-order valence-electron chi connectivity index (χ3n) is 9.76. The van der Waals surface area contributed by atoms with E-state index >= 15 is 0 Å². The molecule has 0 bridgehead atoms. The molecule has 51 heavy (non-hydrogen) atoms. The number of phenols is 1. The number of aromatic nitrogens is 1. The van der Waals surface area contributed by atoms with Gasteiger partial charge in [0.25, 0.3) is 0 Å². The molecule has 6 rings (SSSR count). The number of phenolic OH excluding ortho intramolecular Hbond substituents is 1. The molecule has 262 valence electrons. The minimum absolute atomic E-state index is 0.0879. The van der Waals surface area contributed by atoms with Crippen molar-refractivity contribution in [2.45, 2.75) is 98.3 Å². The maximum Gasteiger partial charge on any atom is 0.229 e. The summed E-state index contributed by atoms with van der Waals surface area (Å²) in [6.45, 7) is 24.0. The molecule has 0 aliphatic carbocycles. The summed E-state index contributed by atoms with van der Waals surface area (Å²) in [5.41, 5.74) is 12.4. The Morgan fingerprint density at radius 1 is 0.647 bits per heavy atom. The van der Waals surface area contributed by atoms with Gasteiger partial charge in [0.05, 0.1) is 11.3 Å². The molecule has 0 atom stereocenters. The summed E-state index contributed by atoms with van der Waals surface area (Å²) in [7, 11) is 0. The Kier molecular flexibility index (Phi) is 9.35. The summed E-state index contributed by atoms with van der Waals surface area (Å²) in [6, 6.07) is 34.0. The molecule has 6 aromatic rings. The number of para-hydroxylation sites is 1. The Morgan fingerprint density at radius 2 is 1.22 bits per heavy atom. The van der Waals surface area contributed by atoms with Crippen molar-refractivity contribution < 1.29 is 9.52 Å². The van der Waals surface area contributed by atoms with Gasteiger partial charge in [0.15, 0.2) is 5.58 Å². The van der Waals surface area contributed by atoms with Gasteiger partial charge in [-0.05, 0) is 85.9 Å². The van der Waals surface area contributed by atoms with Crippen molar-refractivity contribution in [1.82, 2.24) is 4.98 Å². The fourth-order valence-electron chi connectivity index (χ4n) is 6.37. The first kappa shape index (κ1) is 35.9. The van der Waals surface area contributed by atoms with Crippen LogP contribution in [0.3, 0.4) is 0 Å². The van der Waals surface area contributed by atoms with Crippen LogP contribution in [0, 0.1) is 0 Å². The number of rotatable bonds is 6. The lowest BCUT2D eigenvalue weighted by Gasteiger charge is -2.27. The normalized spacial score (nSPS) is 12.8. The molecule has 0 radical (unpaired) electrons. The molecule has 4 nitrogen and oxygen atoms in total. The second kappa shape index (κ2) is 13.3. The number of aliphatic imine (C=N–C) groups is 1. The molecule has 0 aliphatic heterocycles. The van der Waals surface area contributed by atoms with Crippen molar-refractivity contribution in [2.75, 3.05) is 0 Å². The molecule has 0 aliphatic rings. The summed E-state index contributed by atoms with van der Waals surface area (Å²) in [5.74, 6) is 1.28. The largest absolute Gasteiger partial charge is 0.507 e. The molecule has 1 N–H and O–H groups in total. The zero-order valence-corrected chi connectivity index (χ0v) is 32.1. The van der Waals surface area contributed by atoms with Gasteiger partial charge in [-0.15, -0.1) is 0 Å². The first-order valence-corrected chi connectivity index (χ1v) is 18.1. The summed E-state index contributed by atoms with van der Waals surface area (Å²) >= 11 is 0. The first-order valence-electron chi connectivity index (χ1n) is 18.1. The average Bonchev–Trinajstić information content (AvgIpc) is 3.50. The summed E-state index contributed by atoms with van der Waals surface area (Å²) in [5, 5.41) is 11.4. The molecule has 0 spiro atoms. The van der Waals surface area contributed by atoms with Crippen molar-refractivity contribution in [1.29, 1.82) is 0 Å². The van der Waals surface area contributed by atoms with E-state index < -0.39 is 0 Å². The number of hydrogen-bond acceptors (Lipinski definition) is 4. The molecule has 1 aromatic heterocycles. The molecule has 5 aromatic carbocycles. The molecule has 4 heteroatoms. The highest BCUT2D eigenvalue weighted by Gasteiger charge is 2.25. The van der Waals surface area contributed by atoms with E-state index in [2.05, 4.69) is 143 Å². The van der Waals surface area contributed by atoms with E-state index in [0.717, 1.165) is 38.9 Å². The average molecular weight is 677 g/mol. The van der Waals surface area contributed by atoms with Crippen LogP contribution in [0.4, 0.5) is 5.69 Å². The Morgan fingerprint density at radius 3 is 1.80 bits per heavy atom. The highest BCUT2D eigenvalue weighted by Crippen LogP contribution is 2.40. The lowest BCUT2D eigenvalue weighted by molar-refractivity contribution is 0.444. The van der Waals surface area contributed by atoms with Gasteiger partial charge in [-0.2, -0.15) is 0 Å². The Labute approximate surface area is 304 Å². The minimum atomic E-state index is -0.229. The molecule has 0 saturated heterocycles. The number of aromatic hydroxyl groups is 1. The van der Waals surface area contributed by atoms with Gasteiger partial charge in [-0.25, -0.2) is 4.98 Å². The van der Waals surface area contributed by atoms with Crippen LogP contribution in [0.25, 0.3) is 44.8 Å². The fourth-order valence-corrected chi connectivity index (χ4v) is 6.37. The Hall–Kier alpha value is -4.96. The lowest BCUT2D eigenvalue weighted by Crippen LogP contribution is -2.17. The van der Waals surface area contributed by atoms with Crippen LogP contribution < -0.4 is 0 Å². The number of fused-ring (bicyclic) bond motifs is 1. The maximum atomic E-state index is 11.4. The quantitative estimate of drug-likeness (QED) is 0.179. The molecule has 0 amide bonds. The summed E-state index contributed by atoms with van der Waals surface area (Å²) in [4.78, 5) is 10.1. The number of hydrogen-bond donors (Lipinski definition) is 1. The number of oxazole rings is 1. The highest BCUT2D eigenvalue weighted by atomic mass is 16.3. The summed E-state index contributed by atoms with van der Waals surface area (Å²) in [6.07, 6.45) is 1.77. The van der Waals surface area contributed by atoms with E-state index in [-0.39, 0.29) is 22.0 Å². The van der Waals surface area contributed by atoms with E-state index in [0.29, 0.717) is 23.1 Å². The zero-order valence-electron chi connectivity index (χ0n) is 32.1. The van der Waals surface area contributed by atoms with E-state index in [4.69, 9.17) is 14.4 Å². The van der Waals surface area contributed by atoms with E-state index in [9.17, 15) is 5.11 Å². The minimum Gasteiger partial charge on any atom is -0.507 e. The van der Waals surface area contributed by atoms with Crippen molar-refractivity contribution >= 4 is 23.0 Å². The smallest absolute Gasteiger partial charge is 0.229 e. The maximum absolute atomic E-state index is 11.4. The second-order valence-electron chi connectivity index (χ2n) is 17.2. The van der Waals surface area contributed by atoms with Gasteiger partial charge in [0.2, 0.25) is 5.89 Å². The van der Waals surface area contributed by atoms with Gasteiger partial charge in [-0.1, -0.05) is 143 Å². The third-order valence-corrected chi connectivity index (χ3v) is 9.76. The molecule has 0 saturated carbocycles. The molecule has 0 fully saturated rings. The first-order chi connectivity index (χ1) is 23.9. The van der Waals surface area contributed by atoms with Crippen molar-refractivity contribution in [3.8, 4) is 39.5 Å². The predicted octanol–water partition coefficient (Wildman–Crippen LogP) is 13.3. The van der Waals surface area contributed by atoms with Crippen LogP contribution in [0.5, 0.6) is 5.75 Å². The van der Waals surface area contributed by atoms with Crippen molar-refractivity contribution in [3.63, 3.8) is 0 Å². The van der Waals surface area contributed by atoms with Crippen LogP contribution in [-0.2, 0) is 16.2 Å². The van der Waals surface area contributed by atoms with Crippen molar-refractivity contribution in [2.24, 2.45) is 4.99 Å². The lowest BCUT2D eigenvalue weighted by atomic mass is 9.79. The van der Waals surface area contributed by atoms with Crippen LogP contribution in [0.2, 0.25) is 0 Å². The SMILES string of the molecule is CC(C)c1ccc(-c2ccc(-c3cc(C(C)(C)C)cc4oc(-c5ccccc5N=Cc5cc(C(C)(C)C)cc(C(C)(C)C)c5O)nc34)cc2)cc1. The topological polar surface area (TPSA) is 58.6 Å². The standard InChI is InChI=1S/C47H52N2O2/c1-29(2)30-16-18-31(19-17-30)32-20-22-33(23-21-32)38-25-36(46(6,7)8)27-41-42(38)49-44(51-41)37-14-12-13-15-40(37)48-28-34-24-35(45(3,4)5)26-39(43(34)50)47(9,10)11/h12-29,50H,1-11H3.